The number of rotatable bonds is 11. The van der Waals surface area contributed by atoms with Crippen molar-refractivity contribution in [2.24, 2.45) is 0 Å². The van der Waals surface area contributed by atoms with Gasteiger partial charge in [-0.15, -0.1) is 0 Å². The Morgan fingerprint density at radius 3 is 2.16 bits per heavy atom. The molecule has 7 nitrogen and oxygen atoms in total. The molecule has 0 saturated heterocycles. The minimum Gasteiger partial charge on any atom is -0.355 e. The molecule has 3 aromatic rings. The van der Waals surface area contributed by atoms with Crippen molar-refractivity contribution in [2.75, 3.05) is 23.7 Å². The third-order valence-electron chi connectivity index (χ3n) is 6.02. The maximum Gasteiger partial charge on any atom is 0.244 e. The first-order chi connectivity index (χ1) is 17.6. The van der Waals surface area contributed by atoms with Crippen molar-refractivity contribution in [2.45, 2.75) is 32.9 Å². The molecule has 0 radical (unpaired) electrons. The van der Waals surface area contributed by atoms with Crippen LogP contribution < -0.4 is 9.62 Å². The first kappa shape index (κ1) is 28.4. The Hall–Kier alpha value is -3.17. The molecule has 2 amide bonds. The van der Waals surface area contributed by atoms with Gasteiger partial charge in [0.1, 0.15) is 12.6 Å². The van der Waals surface area contributed by atoms with Gasteiger partial charge in [-0.25, -0.2) is 8.42 Å². The average Bonchev–Trinajstić information content (AvgIpc) is 2.86. The molecule has 0 aliphatic rings. The van der Waals surface area contributed by atoms with E-state index in [4.69, 9.17) is 0 Å². The Bertz CT molecular complexity index is 1310. The van der Waals surface area contributed by atoms with Crippen LogP contribution in [0, 0.1) is 6.92 Å². The molecule has 0 spiro atoms. The summed E-state index contributed by atoms with van der Waals surface area (Å²) in [5.41, 5.74) is 3.12. The van der Waals surface area contributed by atoms with E-state index in [1.165, 1.54) is 4.90 Å². The lowest BCUT2D eigenvalue weighted by atomic mass is 10.0. The molecule has 0 heterocycles. The van der Waals surface area contributed by atoms with E-state index in [1.807, 2.05) is 68.4 Å². The van der Waals surface area contributed by atoms with Crippen LogP contribution >= 0.6 is 15.9 Å². The molecule has 0 aliphatic carbocycles. The van der Waals surface area contributed by atoms with Crippen molar-refractivity contribution >= 4 is 43.5 Å². The number of sulfonamides is 1. The maximum absolute atomic E-state index is 13.9. The number of hydrogen-bond acceptors (Lipinski definition) is 4. The van der Waals surface area contributed by atoms with Crippen LogP contribution in [0.25, 0.3) is 0 Å². The number of benzene rings is 3. The summed E-state index contributed by atoms with van der Waals surface area (Å²) < 4.78 is 27.4. The zero-order valence-electron chi connectivity index (χ0n) is 21.2. The Labute approximate surface area is 227 Å². The van der Waals surface area contributed by atoms with Gasteiger partial charge in [0.25, 0.3) is 0 Å². The van der Waals surface area contributed by atoms with Gasteiger partial charge in [-0.3, -0.25) is 13.9 Å². The van der Waals surface area contributed by atoms with Crippen molar-refractivity contribution in [3.8, 4) is 0 Å². The number of anilines is 1. The first-order valence-electron chi connectivity index (χ1n) is 12.0. The van der Waals surface area contributed by atoms with E-state index in [0.717, 1.165) is 31.7 Å². The number of aryl methyl sites for hydroxylation is 1. The number of nitrogens with one attached hydrogen (secondary N) is 1. The number of amides is 2. The molecule has 37 heavy (non-hydrogen) atoms. The van der Waals surface area contributed by atoms with Gasteiger partial charge >= 0.3 is 0 Å². The van der Waals surface area contributed by atoms with Gasteiger partial charge in [0.2, 0.25) is 21.8 Å². The quantitative estimate of drug-likeness (QED) is 0.363. The van der Waals surface area contributed by atoms with E-state index in [1.54, 1.807) is 24.3 Å². The van der Waals surface area contributed by atoms with Crippen LogP contribution in [-0.4, -0.2) is 50.5 Å². The fourth-order valence-corrected chi connectivity index (χ4v) is 5.15. The topological polar surface area (TPSA) is 86.8 Å². The minimum atomic E-state index is -3.79. The number of nitrogens with zero attached hydrogens (tertiary/aromatic N) is 2. The third kappa shape index (κ3) is 7.90. The van der Waals surface area contributed by atoms with Crippen LogP contribution in [0.3, 0.4) is 0 Å². The summed E-state index contributed by atoms with van der Waals surface area (Å²) in [6, 6.07) is 23.0. The molecule has 3 rings (SSSR count). The molecular weight excluding hydrogens is 554 g/mol. The van der Waals surface area contributed by atoms with E-state index >= 15 is 0 Å². The summed E-state index contributed by atoms with van der Waals surface area (Å²) in [5.74, 6) is -0.758. The SMILES string of the molecule is CCNC(=O)[C@@H](Cc1ccccc1)N(Cc1ccccc1C)C(=O)CN(c1ccc(Br)cc1)S(C)(=O)=O. The summed E-state index contributed by atoms with van der Waals surface area (Å²) in [5, 5.41) is 2.85. The predicted molar refractivity (Wildman–Crippen MR) is 151 cm³/mol. The molecule has 1 N–H and O–H groups in total. The molecular formula is C28H32BrN3O4S. The maximum atomic E-state index is 13.9. The zero-order chi connectivity index (χ0) is 27.0. The van der Waals surface area contributed by atoms with E-state index in [0.29, 0.717) is 18.7 Å². The second-order valence-corrected chi connectivity index (χ2v) is 11.6. The minimum absolute atomic E-state index is 0.165. The number of carbonyl (C=O) groups is 2. The Balaban J connectivity index is 2.04. The number of hydrogen-bond donors (Lipinski definition) is 1. The van der Waals surface area contributed by atoms with Crippen LogP contribution in [0.15, 0.2) is 83.3 Å². The van der Waals surface area contributed by atoms with Crippen LogP contribution in [0.2, 0.25) is 0 Å². The highest BCUT2D eigenvalue weighted by Gasteiger charge is 2.33. The number of carbonyl (C=O) groups excluding carboxylic acids is 2. The summed E-state index contributed by atoms with van der Waals surface area (Å²) in [6.07, 6.45) is 1.36. The van der Waals surface area contributed by atoms with E-state index < -0.39 is 28.5 Å². The summed E-state index contributed by atoms with van der Waals surface area (Å²) >= 11 is 3.36. The van der Waals surface area contributed by atoms with Gasteiger partial charge in [0.05, 0.1) is 11.9 Å². The van der Waals surface area contributed by atoms with Gasteiger partial charge < -0.3 is 10.2 Å². The second-order valence-electron chi connectivity index (χ2n) is 8.79. The standard InChI is InChI=1S/C28H32BrN3O4S/c1-4-30-28(34)26(18-22-11-6-5-7-12-22)31(19-23-13-9-8-10-21(23)2)27(33)20-32(37(3,35)36)25-16-14-24(29)15-17-25/h5-17,26H,4,18-20H2,1-3H3,(H,30,34)/t26-/m1/s1. The molecule has 1 atom stereocenters. The molecule has 0 bridgehead atoms. The highest BCUT2D eigenvalue weighted by molar-refractivity contribution is 9.10. The van der Waals surface area contributed by atoms with Gasteiger partial charge in [-0.1, -0.05) is 70.5 Å². The summed E-state index contributed by atoms with van der Waals surface area (Å²) in [7, 11) is -3.79. The van der Waals surface area contributed by atoms with Crippen LogP contribution in [-0.2, 0) is 32.6 Å². The molecule has 196 valence electrons. The van der Waals surface area contributed by atoms with Gasteiger partial charge in [0, 0.05) is 24.0 Å². The van der Waals surface area contributed by atoms with Gasteiger partial charge in [-0.05, 0) is 54.8 Å². The monoisotopic (exact) mass is 585 g/mol. The number of likely N-dealkylation sites (N-methyl/N-ethyl adjacent to an activating group) is 1. The average molecular weight is 587 g/mol. The fourth-order valence-electron chi connectivity index (χ4n) is 4.04. The lowest BCUT2D eigenvalue weighted by Gasteiger charge is -2.33. The zero-order valence-corrected chi connectivity index (χ0v) is 23.6. The third-order valence-corrected chi connectivity index (χ3v) is 7.69. The van der Waals surface area contributed by atoms with Crippen molar-refractivity contribution < 1.29 is 18.0 Å². The molecule has 9 heteroatoms. The summed E-state index contributed by atoms with van der Waals surface area (Å²) in [6.45, 7) is 3.91. The molecule has 0 aromatic heterocycles. The van der Waals surface area contributed by atoms with E-state index in [2.05, 4.69) is 21.2 Å². The second kappa shape index (κ2) is 12.9. The smallest absolute Gasteiger partial charge is 0.244 e. The van der Waals surface area contributed by atoms with Gasteiger partial charge in [0.15, 0.2) is 0 Å². The Kier molecular flexibility index (Phi) is 9.88. The highest BCUT2D eigenvalue weighted by atomic mass is 79.9. The summed E-state index contributed by atoms with van der Waals surface area (Å²) in [4.78, 5) is 28.7. The Morgan fingerprint density at radius 1 is 0.946 bits per heavy atom. The highest BCUT2D eigenvalue weighted by Crippen LogP contribution is 2.23. The Morgan fingerprint density at radius 2 is 1.57 bits per heavy atom. The fraction of sp³-hybridized carbons (Fsp3) is 0.286. The molecule has 3 aromatic carbocycles. The predicted octanol–water partition coefficient (Wildman–Crippen LogP) is 4.30. The van der Waals surface area contributed by atoms with Crippen LogP contribution in [0.1, 0.15) is 23.6 Å². The van der Waals surface area contributed by atoms with Crippen LogP contribution in [0.4, 0.5) is 5.69 Å². The van der Waals surface area contributed by atoms with Crippen molar-refractivity contribution in [3.63, 3.8) is 0 Å². The van der Waals surface area contributed by atoms with E-state index in [-0.39, 0.29) is 12.5 Å². The van der Waals surface area contributed by atoms with Crippen LogP contribution in [0.5, 0.6) is 0 Å². The molecule has 0 fully saturated rings. The van der Waals surface area contributed by atoms with Gasteiger partial charge in [-0.2, -0.15) is 0 Å². The largest absolute Gasteiger partial charge is 0.355 e. The lowest BCUT2D eigenvalue weighted by molar-refractivity contribution is -0.140. The lowest BCUT2D eigenvalue weighted by Crippen LogP contribution is -2.53. The van der Waals surface area contributed by atoms with E-state index in [9.17, 15) is 18.0 Å². The molecule has 0 aliphatic heterocycles. The number of halogens is 1. The van der Waals surface area contributed by atoms with Crippen molar-refractivity contribution in [1.29, 1.82) is 0 Å². The van der Waals surface area contributed by atoms with Crippen molar-refractivity contribution in [1.82, 2.24) is 10.2 Å². The molecule has 0 saturated carbocycles. The molecule has 0 unspecified atom stereocenters. The first-order valence-corrected chi connectivity index (χ1v) is 14.6. The normalized spacial score (nSPS) is 12.0. The van der Waals surface area contributed by atoms with Crippen molar-refractivity contribution in [3.05, 3.63) is 100 Å².